The lowest BCUT2D eigenvalue weighted by Gasteiger charge is -1.84. The number of hydrogen-bond acceptors (Lipinski definition) is 3. The van der Waals surface area contributed by atoms with Gasteiger partial charge in [-0.2, -0.15) is 0 Å². The number of nitrogens with zero attached hydrogens (tertiary/aromatic N) is 2. The predicted molar refractivity (Wildman–Crippen MR) is 34.6 cm³/mol. The highest BCUT2D eigenvalue weighted by Crippen LogP contribution is 2.05. The van der Waals surface area contributed by atoms with Gasteiger partial charge in [-0.3, -0.25) is 0 Å². The van der Waals surface area contributed by atoms with E-state index >= 15 is 0 Å². The van der Waals surface area contributed by atoms with E-state index in [4.69, 9.17) is 0 Å². The van der Waals surface area contributed by atoms with Crippen LogP contribution >= 0.6 is 0 Å². The van der Waals surface area contributed by atoms with Gasteiger partial charge in [-0.15, -0.1) is 0 Å². The van der Waals surface area contributed by atoms with E-state index < -0.39 is 4.92 Å². The molecule has 1 rings (SSSR count). The highest BCUT2D eigenvalue weighted by molar-refractivity contribution is 5.14. The van der Waals surface area contributed by atoms with Crippen molar-refractivity contribution in [3.05, 3.63) is 22.1 Å². The van der Waals surface area contributed by atoms with Gasteiger partial charge in [0.05, 0.1) is 0 Å². The second-order valence-corrected chi connectivity index (χ2v) is 1.83. The molecular weight excluding hydrogens is 134 g/mol. The minimum absolute atomic E-state index is 0.0446. The Balaban J connectivity index is 2.88. The van der Waals surface area contributed by atoms with Crippen molar-refractivity contribution in [2.24, 2.45) is 0 Å². The van der Waals surface area contributed by atoms with Crippen LogP contribution in [-0.2, 0) is 6.42 Å². The van der Waals surface area contributed by atoms with Crippen LogP contribution in [0.5, 0.6) is 0 Å². The molecule has 0 saturated carbocycles. The molecule has 54 valence electrons. The van der Waals surface area contributed by atoms with Gasteiger partial charge in [0.25, 0.3) is 0 Å². The molecule has 0 bridgehead atoms. The highest BCUT2D eigenvalue weighted by Gasteiger charge is 2.06. The number of aryl methyl sites for hydroxylation is 1. The second kappa shape index (κ2) is 2.47. The molecule has 0 radical (unpaired) electrons. The number of nitro groups is 1. The molecule has 0 unspecified atom stereocenters. The van der Waals surface area contributed by atoms with Gasteiger partial charge in [-0.05, 0) is 4.92 Å². The van der Waals surface area contributed by atoms with Crippen LogP contribution in [0.1, 0.15) is 12.7 Å². The van der Waals surface area contributed by atoms with Gasteiger partial charge in [-0.25, -0.2) is 9.97 Å². The first-order valence-electron chi connectivity index (χ1n) is 2.92. The molecule has 0 aliphatic heterocycles. The molecule has 5 nitrogen and oxygen atoms in total. The van der Waals surface area contributed by atoms with Gasteiger partial charge in [0.2, 0.25) is 0 Å². The van der Waals surface area contributed by atoms with E-state index in [0.29, 0.717) is 12.2 Å². The summed E-state index contributed by atoms with van der Waals surface area (Å²) >= 11 is 0. The minimum Gasteiger partial charge on any atom is -0.358 e. The minimum atomic E-state index is -0.494. The van der Waals surface area contributed by atoms with Crippen LogP contribution in [0.4, 0.5) is 5.82 Å². The van der Waals surface area contributed by atoms with E-state index in [1.165, 1.54) is 6.20 Å². The normalized spacial score (nSPS) is 9.70. The average molecular weight is 141 g/mol. The zero-order chi connectivity index (χ0) is 7.56. The molecule has 0 spiro atoms. The molecule has 0 fully saturated rings. The number of nitrogens with one attached hydrogen (secondary N) is 1. The summed E-state index contributed by atoms with van der Waals surface area (Å²) in [7, 11) is 0. The fraction of sp³-hybridized carbons (Fsp3) is 0.400. The summed E-state index contributed by atoms with van der Waals surface area (Å²) in [4.78, 5) is 15.9. The zero-order valence-electron chi connectivity index (χ0n) is 5.50. The Morgan fingerprint density at radius 2 is 2.60 bits per heavy atom. The van der Waals surface area contributed by atoms with Crippen LogP contribution in [0.15, 0.2) is 6.20 Å². The van der Waals surface area contributed by atoms with Crippen molar-refractivity contribution in [3.8, 4) is 0 Å². The maximum Gasteiger partial charge on any atom is 0.340 e. The number of aromatic amines is 1. The van der Waals surface area contributed by atoms with Crippen LogP contribution in [-0.4, -0.2) is 14.9 Å². The van der Waals surface area contributed by atoms with Crippen LogP contribution in [0.2, 0.25) is 0 Å². The Bertz CT molecular complexity index is 243. The second-order valence-electron chi connectivity index (χ2n) is 1.83. The summed E-state index contributed by atoms with van der Waals surface area (Å²) in [6.45, 7) is 1.88. The van der Waals surface area contributed by atoms with Crippen molar-refractivity contribution in [1.29, 1.82) is 0 Å². The standard InChI is InChI=1S/C5H7N3O2/c1-2-4-6-3-5(7-4)8(9)10/h3H,2H2,1H3,(H,6,7). The molecule has 5 heteroatoms. The largest absolute Gasteiger partial charge is 0.358 e. The fourth-order valence-electron chi connectivity index (χ4n) is 0.624. The van der Waals surface area contributed by atoms with Crippen LogP contribution in [0, 0.1) is 10.1 Å². The van der Waals surface area contributed by atoms with Gasteiger partial charge >= 0.3 is 5.82 Å². The van der Waals surface area contributed by atoms with Gasteiger partial charge < -0.3 is 10.1 Å². The highest BCUT2D eigenvalue weighted by atomic mass is 16.6. The molecule has 0 amide bonds. The molecule has 0 saturated heterocycles. The maximum absolute atomic E-state index is 10.1. The van der Waals surface area contributed by atoms with Crippen molar-refractivity contribution in [2.75, 3.05) is 0 Å². The first-order chi connectivity index (χ1) is 4.74. The number of H-pyrrole nitrogens is 1. The van der Waals surface area contributed by atoms with Crippen LogP contribution in [0.3, 0.4) is 0 Å². The molecule has 1 N–H and O–H groups in total. The predicted octanol–water partition coefficient (Wildman–Crippen LogP) is 0.880. The monoisotopic (exact) mass is 141 g/mol. The Hall–Kier alpha value is -1.39. The Morgan fingerprint density at radius 3 is 2.90 bits per heavy atom. The molecule has 0 aliphatic rings. The van der Waals surface area contributed by atoms with Crippen LogP contribution in [0.25, 0.3) is 0 Å². The van der Waals surface area contributed by atoms with Crippen molar-refractivity contribution < 1.29 is 4.92 Å². The quantitative estimate of drug-likeness (QED) is 0.490. The summed E-state index contributed by atoms with van der Waals surface area (Å²) in [5, 5.41) is 10.1. The van der Waals surface area contributed by atoms with E-state index in [1.54, 1.807) is 0 Å². The first-order valence-corrected chi connectivity index (χ1v) is 2.92. The van der Waals surface area contributed by atoms with Gasteiger partial charge in [0, 0.05) is 6.42 Å². The molecule has 0 aromatic carbocycles. The Labute approximate surface area is 57.2 Å². The van der Waals surface area contributed by atoms with Crippen molar-refractivity contribution in [3.63, 3.8) is 0 Å². The molecule has 1 aromatic rings. The summed E-state index contributed by atoms with van der Waals surface area (Å²) in [6, 6.07) is 0. The summed E-state index contributed by atoms with van der Waals surface area (Å²) in [5.41, 5.74) is 0. The number of hydrogen-bond donors (Lipinski definition) is 1. The number of rotatable bonds is 2. The molecule has 0 aliphatic carbocycles. The third-order valence-corrected chi connectivity index (χ3v) is 1.15. The molecule has 0 atom stereocenters. The fourth-order valence-corrected chi connectivity index (χ4v) is 0.624. The van der Waals surface area contributed by atoms with E-state index in [1.807, 2.05) is 6.92 Å². The Kier molecular flexibility index (Phi) is 1.66. The van der Waals surface area contributed by atoms with Gasteiger partial charge in [-0.1, -0.05) is 6.92 Å². The molecule has 10 heavy (non-hydrogen) atoms. The Morgan fingerprint density at radius 1 is 1.90 bits per heavy atom. The lowest BCUT2D eigenvalue weighted by molar-refractivity contribution is -0.389. The van der Waals surface area contributed by atoms with Crippen molar-refractivity contribution in [1.82, 2.24) is 9.97 Å². The van der Waals surface area contributed by atoms with E-state index in [0.717, 1.165) is 0 Å². The van der Waals surface area contributed by atoms with Crippen molar-refractivity contribution in [2.45, 2.75) is 13.3 Å². The van der Waals surface area contributed by atoms with E-state index in [2.05, 4.69) is 9.97 Å². The van der Waals surface area contributed by atoms with Gasteiger partial charge in [0.1, 0.15) is 6.20 Å². The van der Waals surface area contributed by atoms with E-state index in [9.17, 15) is 10.1 Å². The van der Waals surface area contributed by atoms with Crippen molar-refractivity contribution >= 4 is 5.82 Å². The summed E-state index contributed by atoms with van der Waals surface area (Å²) in [6.07, 6.45) is 1.91. The lowest BCUT2D eigenvalue weighted by Crippen LogP contribution is -1.87. The van der Waals surface area contributed by atoms with E-state index in [-0.39, 0.29) is 5.82 Å². The third-order valence-electron chi connectivity index (χ3n) is 1.15. The molecule has 1 heterocycles. The smallest absolute Gasteiger partial charge is 0.340 e. The maximum atomic E-state index is 10.1. The van der Waals surface area contributed by atoms with Gasteiger partial charge in [0.15, 0.2) is 5.82 Å². The molecular formula is C5H7N3O2. The average Bonchev–Trinajstić information content (AvgIpc) is 2.34. The first kappa shape index (κ1) is 6.73. The topological polar surface area (TPSA) is 71.8 Å². The van der Waals surface area contributed by atoms with Crippen LogP contribution < -0.4 is 0 Å². The molecule has 1 aromatic heterocycles. The third kappa shape index (κ3) is 1.12. The zero-order valence-corrected chi connectivity index (χ0v) is 5.50. The number of imidazole rings is 1. The number of aromatic nitrogens is 2. The lowest BCUT2D eigenvalue weighted by atomic mass is 10.5. The SMILES string of the molecule is CCc1ncc([N+](=O)[O-])[nH]1. The summed E-state index contributed by atoms with van der Waals surface area (Å²) in [5.74, 6) is 0.601. The summed E-state index contributed by atoms with van der Waals surface area (Å²) < 4.78 is 0.